The minimum Gasteiger partial charge on any atom is -0.376 e. The van der Waals surface area contributed by atoms with E-state index in [4.69, 9.17) is 4.74 Å². The minimum atomic E-state index is -0.340. The summed E-state index contributed by atoms with van der Waals surface area (Å²) in [7, 11) is 0. The van der Waals surface area contributed by atoms with E-state index in [0.29, 0.717) is 23.1 Å². The molecule has 1 aromatic heterocycles. The van der Waals surface area contributed by atoms with E-state index in [9.17, 15) is 9.18 Å². The zero-order valence-electron chi connectivity index (χ0n) is 15.8. The van der Waals surface area contributed by atoms with Crippen molar-refractivity contribution in [3.63, 3.8) is 0 Å². The average Bonchev–Trinajstić information content (AvgIpc) is 3.41. The number of amides is 1. The number of aromatic nitrogens is 3. The van der Waals surface area contributed by atoms with Gasteiger partial charge < -0.3 is 10.1 Å². The number of nitrogens with zero attached hydrogens (tertiary/aromatic N) is 3. The Morgan fingerprint density at radius 2 is 2.07 bits per heavy atom. The molecule has 0 unspecified atom stereocenters. The van der Waals surface area contributed by atoms with E-state index in [0.717, 1.165) is 25.1 Å². The number of hydrogen-bond acceptors (Lipinski definition) is 5. The number of hydrogen-bond donors (Lipinski definition) is 1. The molecule has 2 aromatic carbocycles. The van der Waals surface area contributed by atoms with Crippen LogP contribution in [-0.4, -0.2) is 45.7 Å². The van der Waals surface area contributed by atoms with Crippen LogP contribution >= 0.6 is 11.8 Å². The second-order valence-electron chi connectivity index (χ2n) is 6.72. The molecule has 1 amide bonds. The first-order valence-corrected chi connectivity index (χ1v) is 10.5. The third-order valence-electron chi connectivity index (χ3n) is 4.61. The highest BCUT2D eigenvalue weighted by molar-refractivity contribution is 7.99. The van der Waals surface area contributed by atoms with Crippen molar-refractivity contribution in [2.45, 2.75) is 24.1 Å². The summed E-state index contributed by atoms with van der Waals surface area (Å²) in [6.07, 6.45) is 2.13. The molecule has 0 saturated carbocycles. The monoisotopic (exact) mass is 412 g/mol. The van der Waals surface area contributed by atoms with Gasteiger partial charge in [-0.2, -0.15) is 0 Å². The highest BCUT2D eigenvalue weighted by atomic mass is 32.2. The van der Waals surface area contributed by atoms with E-state index in [1.807, 2.05) is 34.9 Å². The molecule has 8 heteroatoms. The van der Waals surface area contributed by atoms with E-state index >= 15 is 0 Å². The van der Waals surface area contributed by atoms with Crippen LogP contribution in [0.3, 0.4) is 0 Å². The van der Waals surface area contributed by atoms with Crippen LogP contribution in [0.5, 0.6) is 0 Å². The molecule has 4 rings (SSSR count). The second-order valence-corrected chi connectivity index (χ2v) is 7.66. The van der Waals surface area contributed by atoms with Gasteiger partial charge in [-0.3, -0.25) is 9.36 Å². The van der Waals surface area contributed by atoms with Gasteiger partial charge in [0.1, 0.15) is 5.82 Å². The Morgan fingerprint density at radius 3 is 2.83 bits per heavy atom. The number of benzene rings is 2. The second kappa shape index (κ2) is 9.19. The lowest BCUT2D eigenvalue weighted by Gasteiger charge is -2.12. The highest BCUT2D eigenvalue weighted by Crippen LogP contribution is 2.28. The van der Waals surface area contributed by atoms with Crippen molar-refractivity contribution in [1.29, 1.82) is 0 Å². The van der Waals surface area contributed by atoms with Gasteiger partial charge in [-0.05, 0) is 37.1 Å². The predicted molar refractivity (Wildman–Crippen MR) is 109 cm³/mol. The summed E-state index contributed by atoms with van der Waals surface area (Å²) in [5, 5.41) is 12.0. The Morgan fingerprint density at radius 1 is 1.21 bits per heavy atom. The molecule has 1 aliphatic rings. The molecule has 1 aliphatic heterocycles. The molecule has 0 bridgehead atoms. The normalized spacial score (nSPS) is 16.1. The zero-order valence-corrected chi connectivity index (χ0v) is 16.6. The number of rotatable bonds is 7. The third-order valence-corrected chi connectivity index (χ3v) is 5.54. The number of nitrogens with one attached hydrogen (secondary N) is 1. The fourth-order valence-corrected chi connectivity index (χ4v) is 3.98. The molecule has 3 aromatic rings. The van der Waals surface area contributed by atoms with Crippen molar-refractivity contribution < 1.29 is 13.9 Å². The van der Waals surface area contributed by atoms with E-state index < -0.39 is 0 Å². The van der Waals surface area contributed by atoms with Crippen LogP contribution in [0.2, 0.25) is 0 Å². The Hall–Kier alpha value is -2.71. The Labute approximate surface area is 172 Å². The molecule has 0 aliphatic carbocycles. The summed E-state index contributed by atoms with van der Waals surface area (Å²) in [6, 6.07) is 15.8. The Bertz CT molecular complexity index is 974. The molecule has 29 heavy (non-hydrogen) atoms. The van der Waals surface area contributed by atoms with Crippen LogP contribution in [0, 0.1) is 5.82 Å². The first-order chi connectivity index (χ1) is 14.2. The van der Waals surface area contributed by atoms with Gasteiger partial charge in [0.2, 0.25) is 5.91 Å². The van der Waals surface area contributed by atoms with Gasteiger partial charge >= 0.3 is 0 Å². The van der Waals surface area contributed by atoms with Crippen molar-refractivity contribution in [2.75, 3.05) is 18.9 Å². The van der Waals surface area contributed by atoms with Gasteiger partial charge in [0.25, 0.3) is 0 Å². The van der Waals surface area contributed by atoms with E-state index in [1.54, 1.807) is 12.1 Å². The highest BCUT2D eigenvalue weighted by Gasteiger charge is 2.19. The Balaban J connectivity index is 1.53. The van der Waals surface area contributed by atoms with Gasteiger partial charge in [-0.15, -0.1) is 10.2 Å². The number of carbonyl (C=O) groups excluding carboxylic acids is 1. The number of carbonyl (C=O) groups is 1. The summed E-state index contributed by atoms with van der Waals surface area (Å²) in [6.45, 7) is 1.29. The van der Waals surface area contributed by atoms with Crippen LogP contribution < -0.4 is 5.32 Å². The van der Waals surface area contributed by atoms with Crippen molar-refractivity contribution in [3.8, 4) is 17.1 Å². The molecule has 1 N–H and O–H groups in total. The van der Waals surface area contributed by atoms with Crippen LogP contribution in [0.4, 0.5) is 4.39 Å². The fraction of sp³-hybridized carbons (Fsp3) is 0.286. The quantitative estimate of drug-likeness (QED) is 0.602. The van der Waals surface area contributed by atoms with Crippen molar-refractivity contribution >= 4 is 17.7 Å². The Kier molecular flexibility index (Phi) is 6.21. The minimum absolute atomic E-state index is 0.0829. The van der Waals surface area contributed by atoms with Crippen LogP contribution in [0.15, 0.2) is 59.8 Å². The van der Waals surface area contributed by atoms with Gasteiger partial charge in [-0.1, -0.05) is 42.1 Å². The standard InChI is InChI=1S/C21H21FN4O2S/c22-16-7-4-6-15(12-16)20-24-25-21(26(20)17-8-2-1-3-9-17)29-14-19(27)23-13-18-10-5-11-28-18/h1-4,6-9,12,18H,5,10-11,13-14H2,(H,23,27)/t18-/m1/s1. The number of halogens is 1. The molecule has 1 fully saturated rings. The van der Waals surface area contributed by atoms with E-state index in [-0.39, 0.29) is 23.6 Å². The van der Waals surface area contributed by atoms with E-state index in [2.05, 4.69) is 15.5 Å². The molecular weight excluding hydrogens is 391 g/mol. The largest absolute Gasteiger partial charge is 0.376 e. The zero-order chi connectivity index (χ0) is 20.1. The van der Waals surface area contributed by atoms with Gasteiger partial charge in [0, 0.05) is 24.4 Å². The number of para-hydroxylation sites is 1. The predicted octanol–water partition coefficient (Wildman–Crippen LogP) is 3.46. The molecule has 0 radical (unpaired) electrons. The first kappa shape index (κ1) is 19.6. The maximum Gasteiger partial charge on any atom is 0.230 e. The SMILES string of the molecule is O=C(CSc1nnc(-c2cccc(F)c2)n1-c1ccccc1)NC[C@H]1CCCO1. The number of ether oxygens (including phenoxy) is 1. The summed E-state index contributed by atoms with van der Waals surface area (Å²) in [4.78, 5) is 12.2. The summed E-state index contributed by atoms with van der Waals surface area (Å²) >= 11 is 1.29. The number of thioether (sulfide) groups is 1. The average molecular weight is 412 g/mol. The van der Waals surface area contributed by atoms with Crippen molar-refractivity contribution in [3.05, 3.63) is 60.4 Å². The summed E-state index contributed by atoms with van der Waals surface area (Å²) in [5.41, 5.74) is 1.47. The molecule has 1 atom stereocenters. The topological polar surface area (TPSA) is 69.0 Å². The van der Waals surface area contributed by atoms with Crippen LogP contribution in [0.1, 0.15) is 12.8 Å². The van der Waals surface area contributed by atoms with Crippen LogP contribution in [0.25, 0.3) is 17.1 Å². The van der Waals surface area contributed by atoms with E-state index in [1.165, 1.54) is 23.9 Å². The lowest BCUT2D eigenvalue weighted by Crippen LogP contribution is -2.32. The third kappa shape index (κ3) is 4.83. The van der Waals surface area contributed by atoms with Crippen molar-refractivity contribution in [2.24, 2.45) is 0 Å². The van der Waals surface area contributed by atoms with Crippen molar-refractivity contribution in [1.82, 2.24) is 20.1 Å². The van der Waals surface area contributed by atoms with Gasteiger partial charge in [-0.25, -0.2) is 4.39 Å². The van der Waals surface area contributed by atoms with Gasteiger partial charge in [0.15, 0.2) is 11.0 Å². The molecule has 150 valence electrons. The van der Waals surface area contributed by atoms with Gasteiger partial charge in [0.05, 0.1) is 11.9 Å². The molecule has 1 saturated heterocycles. The summed E-state index contributed by atoms with van der Waals surface area (Å²) in [5.74, 6) is 0.312. The molecular formula is C21H21FN4O2S. The smallest absolute Gasteiger partial charge is 0.230 e. The fourth-order valence-electron chi connectivity index (χ4n) is 3.20. The first-order valence-electron chi connectivity index (χ1n) is 9.48. The lowest BCUT2D eigenvalue weighted by molar-refractivity contribution is -0.119. The maximum absolute atomic E-state index is 13.7. The maximum atomic E-state index is 13.7. The molecule has 6 nitrogen and oxygen atoms in total. The molecule has 2 heterocycles. The van der Waals surface area contributed by atoms with Crippen LogP contribution in [-0.2, 0) is 9.53 Å². The summed E-state index contributed by atoms with van der Waals surface area (Å²) < 4.78 is 21.1. The lowest BCUT2D eigenvalue weighted by atomic mass is 10.2. The molecule has 0 spiro atoms.